The molecule has 0 atom stereocenters. The largest absolute Gasteiger partial charge is 0.374 e. The number of anilines is 1. The van der Waals surface area contributed by atoms with E-state index < -0.39 is 0 Å². The van der Waals surface area contributed by atoms with Crippen LogP contribution >= 0.6 is 11.3 Å². The number of nitrogen functional groups attached to an aromatic ring is 1. The lowest BCUT2D eigenvalue weighted by atomic mass is 10.2. The van der Waals surface area contributed by atoms with Crippen LogP contribution in [0.25, 0.3) is 10.9 Å². The summed E-state index contributed by atoms with van der Waals surface area (Å²) in [6.07, 6.45) is 0.680. The molecule has 2 N–H and O–H groups in total. The lowest BCUT2D eigenvalue weighted by Gasteiger charge is -2.00. The first kappa shape index (κ1) is 10.2. The van der Waals surface area contributed by atoms with E-state index in [9.17, 15) is 0 Å². The van der Waals surface area contributed by atoms with Gasteiger partial charge < -0.3 is 5.73 Å². The predicted molar refractivity (Wildman–Crippen MR) is 68.9 cm³/mol. The van der Waals surface area contributed by atoms with E-state index in [2.05, 4.69) is 27.3 Å². The molecule has 0 amide bonds. The Morgan fingerprint density at radius 3 is 2.76 bits per heavy atom. The molecule has 3 rings (SSSR count). The molecule has 2 heterocycles. The fraction of sp³-hybridized carbons (Fsp3) is 0.0833. The molecule has 0 fully saturated rings. The minimum absolute atomic E-state index is 0.501. The first-order chi connectivity index (χ1) is 8.31. The van der Waals surface area contributed by atoms with E-state index in [1.165, 1.54) is 11.3 Å². The average Bonchev–Trinajstić information content (AvgIpc) is 2.75. The van der Waals surface area contributed by atoms with Gasteiger partial charge in [0.05, 0.1) is 5.52 Å². The number of nitrogens with two attached hydrogens (primary N) is 1. The van der Waals surface area contributed by atoms with Gasteiger partial charge in [-0.2, -0.15) is 0 Å². The van der Waals surface area contributed by atoms with Crippen molar-refractivity contribution >= 4 is 27.4 Å². The van der Waals surface area contributed by atoms with Crippen molar-refractivity contribution in [3.05, 3.63) is 47.1 Å². The minimum atomic E-state index is 0.501. The number of pyridine rings is 1. The summed E-state index contributed by atoms with van der Waals surface area (Å²) in [6.45, 7) is 0. The van der Waals surface area contributed by atoms with Crippen molar-refractivity contribution in [3.8, 4) is 0 Å². The van der Waals surface area contributed by atoms with Gasteiger partial charge in [0.2, 0.25) is 5.13 Å². The third-order valence-electron chi connectivity index (χ3n) is 2.47. The van der Waals surface area contributed by atoms with Crippen LogP contribution in [0.3, 0.4) is 0 Å². The van der Waals surface area contributed by atoms with Crippen molar-refractivity contribution in [2.75, 3.05) is 5.73 Å². The molecule has 84 valence electrons. The van der Waals surface area contributed by atoms with E-state index in [0.717, 1.165) is 21.6 Å². The Hall–Kier alpha value is -2.01. The van der Waals surface area contributed by atoms with Crippen LogP contribution < -0.4 is 5.73 Å². The highest BCUT2D eigenvalue weighted by atomic mass is 32.1. The first-order valence-electron chi connectivity index (χ1n) is 5.24. The van der Waals surface area contributed by atoms with Gasteiger partial charge in [-0.1, -0.05) is 35.6 Å². The predicted octanol–water partition coefficient (Wildman–Crippen LogP) is 2.26. The number of aromatic nitrogens is 3. The van der Waals surface area contributed by atoms with Crippen molar-refractivity contribution in [1.29, 1.82) is 0 Å². The third kappa shape index (κ3) is 2.09. The quantitative estimate of drug-likeness (QED) is 0.748. The molecule has 3 aromatic rings. The zero-order valence-electron chi connectivity index (χ0n) is 9.00. The highest BCUT2D eigenvalue weighted by Gasteiger charge is 2.04. The monoisotopic (exact) mass is 242 g/mol. The summed E-state index contributed by atoms with van der Waals surface area (Å²) in [5, 5.41) is 10.3. The molecular formula is C12H10N4S. The number of hydrogen-bond acceptors (Lipinski definition) is 5. The molecule has 0 aliphatic rings. The van der Waals surface area contributed by atoms with Crippen molar-refractivity contribution in [2.24, 2.45) is 0 Å². The molecule has 0 bridgehead atoms. The molecule has 5 heteroatoms. The third-order valence-corrected chi connectivity index (χ3v) is 3.22. The molecule has 4 nitrogen and oxygen atoms in total. The minimum Gasteiger partial charge on any atom is -0.374 e. The normalized spacial score (nSPS) is 10.8. The Kier molecular flexibility index (Phi) is 2.45. The number of fused-ring (bicyclic) bond motifs is 1. The van der Waals surface area contributed by atoms with Gasteiger partial charge in [-0.15, -0.1) is 10.2 Å². The van der Waals surface area contributed by atoms with Gasteiger partial charge in [0.1, 0.15) is 5.01 Å². The first-order valence-corrected chi connectivity index (χ1v) is 6.05. The van der Waals surface area contributed by atoms with Crippen molar-refractivity contribution in [2.45, 2.75) is 6.42 Å². The van der Waals surface area contributed by atoms with Crippen LogP contribution in [0.5, 0.6) is 0 Å². The molecule has 1 aromatic carbocycles. The van der Waals surface area contributed by atoms with E-state index in [4.69, 9.17) is 5.73 Å². The fourth-order valence-electron chi connectivity index (χ4n) is 1.70. The lowest BCUT2D eigenvalue weighted by Crippen LogP contribution is -1.92. The van der Waals surface area contributed by atoms with Gasteiger partial charge in [-0.05, 0) is 12.1 Å². The van der Waals surface area contributed by atoms with Crippen molar-refractivity contribution in [3.63, 3.8) is 0 Å². The van der Waals surface area contributed by atoms with Gasteiger partial charge in [0, 0.05) is 17.5 Å². The van der Waals surface area contributed by atoms with E-state index >= 15 is 0 Å². The van der Waals surface area contributed by atoms with Crippen LogP contribution in [-0.2, 0) is 6.42 Å². The maximum absolute atomic E-state index is 5.55. The van der Waals surface area contributed by atoms with Crippen LogP contribution in [0.15, 0.2) is 36.4 Å². The summed E-state index contributed by atoms with van der Waals surface area (Å²) < 4.78 is 0. The van der Waals surface area contributed by atoms with Crippen LogP contribution in [0, 0.1) is 0 Å². The summed E-state index contributed by atoms with van der Waals surface area (Å²) in [7, 11) is 0. The molecule has 0 saturated heterocycles. The molecule has 0 saturated carbocycles. The molecule has 2 aromatic heterocycles. The van der Waals surface area contributed by atoms with Crippen LogP contribution in [0.4, 0.5) is 5.13 Å². The maximum atomic E-state index is 5.55. The number of nitrogens with zero attached hydrogens (tertiary/aromatic N) is 3. The SMILES string of the molecule is Nc1nnc(Cc2ccc3ccccc3n2)s1. The molecule has 0 radical (unpaired) electrons. The Morgan fingerprint density at radius 2 is 1.94 bits per heavy atom. The average molecular weight is 242 g/mol. The summed E-state index contributed by atoms with van der Waals surface area (Å²) in [6, 6.07) is 12.1. The van der Waals surface area contributed by atoms with Gasteiger partial charge in [-0.25, -0.2) is 0 Å². The van der Waals surface area contributed by atoms with Crippen molar-refractivity contribution < 1.29 is 0 Å². The highest BCUT2D eigenvalue weighted by Crippen LogP contribution is 2.17. The smallest absolute Gasteiger partial charge is 0.203 e. The molecular weight excluding hydrogens is 232 g/mol. The summed E-state index contributed by atoms with van der Waals surface area (Å²) in [4.78, 5) is 4.58. The molecule has 17 heavy (non-hydrogen) atoms. The number of rotatable bonds is 2. The van der Waals surface area contributed by atoms with E-state index in [-0.39, 0.29) is 0 Å². The van der Waals surface area contributed by atoms with Crippen LogP contribution in [-0.4, -0.2) is 15.2 Å². The zero-order valence-corrected chi connectivity index (χ0v) is 9.81. The highest BCUT2D eigenvalue weighted by molar-refractivity contribution is 7.15. The summed E-state index contributed by atoms with van der Waals surface area (Å²) in [5.74, 6) is 0. The van der Waals surface area contributed by atoms with E-state index in [0.29, 0.717) is 11.6 Å². The zero-order chi connectivity index (χ0) is 11.7. The summed E-state index contributed by atoms with van der Waals surface area (Å²) in [5.41, 5.74) is 7.54. The van der Waals surface area contributed by atoms with E-state index in [1.807, 2.05) is 24.3 Å². The fourth-order valence-corrected chi connectivity index (χ4v) is 2.32. The molecule has 0 spiro atoms. The standard InChI is InChI=1S/C12H10N4S/c13-12-16-15-11(17-12)7-9-6-5-8-3-1-2-4-10(8)14-9/h1-6H,7H2,(H2,13,16). The van der Waals surface area contributed by atoms with Crippen molar-refractivity contribution in [1.82, 2.24) is 15.2 Å². The Bertz CT molecular complexity index is 662. The van der Waals surface area contributed by atoms with Gasteiger partial charge in [0.25, 0.3) is 0 Å². The second-order valence-corrected chi connectivity index (χ2v) is 4.80. The Balaban J connectivity index is 1.95. The molecule has 0 aliphatic heterocycles. The number of para-hydroxylation sites is 1. The maximum Gasteiger partial charge on any atom is 0.203 e. The van der Waals surface area contributed by atoms with Gasteiger partial charge >= 0.3 is 0 Å². The van der Waals surface area contributed by atoms with Crippen LogP contribution in [0.2, 0.25) is 0 Å². The number of benzene rings is 1. The van der Waals surface area contributed by atoms with E-state index in [1.54, 1.807) is 0 Å². The topological polar surface area (TPSA) is 64.7 Å². The number of hydrogen-bond donors (Lipinski definition) is 1. The van der Waals surface area contributed by atoms with Gasteiger partial charge in [0.15, 0.2) is 0 Å². The van der Waals surface area contributed by atoms with Gasteiger partial charge in [-0.3, -0.25) is 4.98 Å². The Labute approximate surface area is 102 Å². The van der Waals surface area contributed by atoms with Crippen LogP contribution in [0.1, 0.15) is 10.7 Å². The lowest BCUT2D eigenvalue weighted by molar-refractivity contribution is 0.986. The second-order valence-electron chi connectivity index (χ2n) is 3.71. The Morgan fingerprint density at radius 1 is 1.06 bits per heavy atom. The molecule has 0 aliphatic carbocycles. The second kappa shape index (κ2) is 4.10. The summed E-state index contributed by atoms with van der Waals surface area (Å²) >= 11 is 1.40. The molecule has 0 unspecified atom stereocenters.